The molecule has 0 saturated heterocycles. The normalized spacial score (nSPS) is 16.9. The maximum Gasteiger partial charge on any atom is 0.169 e. The van der Waals surface area contributed by atoms with Crippen LogP contribution < -0.4 is 16.8 Å². The van der Waals surface area contributed by atoms with E-state index >= 15 is 0 Å². The van der Waals surface area contributed by atoms with Gasteiger partial charge in [0.05, 0.1) is 23.2 Å². The Hall–Kier alpha value is -1.20. The summed E-state index contributed by atoms with van der Waals surface area (Å²) < 4.78 is 13.8. The van der Waals surface area contributed by atoms with E-state index < -0.39 is 11.9 Å². The van der Waals surface area contributed by atoms with Gasteiger partial charge in [-0.1, -0.05) is 11.6 Å². The van der Waals surface area contributed by atoms with Crippen molar-refractivity contribution in [3.05, 3.63) is 16.9 Å². The predicted octanol–water partition coefficient (Wildman–Crippen LogP) is 1.83. The Bertz CT molecular complexity index is 437. The molecule has 1 aliphatic carbocycles. The molecule has 17 heavy (non-hydrogen) atoms. The Kier molecular flexibility index (Phi) is 3.31. The van der Waals surface area contributed by atoms with Crippen molar-refractivity contribution >= 4 is 28.7 Å². The summed E-state index contributed by atoms with van der Waals surface area (Å²) in [5.74, 6) is -0.358. The molecule has 1 fully saturated rings. The van der Waals surface area contributed by atoms with Gasteiger partial charge in [-0.05, 0) is 24.8 Å². The van der Waals surface area contributed by atoms with Crippen LogP contribution >= 0.6 is 11.6 Å². The molecule has 1 unspecified atom stereocenters. The van der Waals surface area contributed by atoms with Crippen molar-refractivity contribution in [2.45, 2.75) is 18.9 Å². The van der Waals surface area contributed by atoms with Gasteiger partial charge in [0.15, 0.2) is 5.82 Å². The van der Waals surface area contributed by atoms with Gasteiger partial charge < -0.3 is 21.9 Å². The lowest BCUT2D eigenvalue weighted by atomic mass is 10.2. The number of aliphatic hydroxyl groups is 1. The van der Waals surface area contributed by atoms with Crippen LogP contribution in [-0.2, 0) is 0 Å². The SMILES string of the molecule is Nc1cc(N)c(NCC(O)C2CC2)c(F)c1Cl. The number of hydrogen-bond acceptors (Lipinski definition) is 4. The van der Waals surface area contributed by atoms with Crippen LogP contribution in [-0.4, -0.2) is 17.8 Å². The monoisotopic (exact) mass is 259 g/mol. The van der Waals surface area contributed by atoms with E-state index in [4.69, 9.17) is 23.1 Å². The van der Waals surface area contributed by atoms with Crippen molar-refractivity contribution in [1.82, 2.24) is 0 Å². The average Bonchev–Trinajstić information content (AvgIpc) is 3.09. The predicted molar refractivity (Wildman–Crippen MR) is 67.5 cm³/mol. The minimum Gasteiger partial charge on any atom is -0.397 e. The number of nitrogens with two attached hydrogens (primary N) is 2. The molecule has 6 N–H and O–H groups in total. The molecule has 6 heteroatoms. The number of nitrogens with one attached hydrogen (secondary N) is 1. The molecule has 0 aliphatic heterocycles. The molecular weight excluding hydrogens is 245 g/mol. The van der Waals surface area contributed by atoms with Gasteiger partial charge in [0.25, 0.3) is 0 Å². The van der Waals surface area contributed by atoms with Crippen molar-refractivity contribution in [1.29, 1.82) is 0 Å². The molecule has 94 valence electrons. The highest BCUT2D eigenvalue weighted by molar-refractivity contribution is 6.33. The molecule has 0 amide bonds. The van der Waals surface area contributed by atoms with Gasteiger partial charge in [-0.15, -0.1) is 0 Å². The summed E-state index contributed by atoms with van der Waals surface area (Å²) in [4.78, 5) is 0. The van der Waals surface area contributed by atoms with Crippen LogP contribution in [0.15, 0.2) is 6.07 Å². The summed E-state index contributed by atoms with van der Waals surface area (Å²) >= 11 is 5.69. The first-order chi connectivity index (χ1) is 8.00. The molecule has 0 aromatic heterocycles. The van der Waals surface area contributed by atoms with E-state index in [-0.39, 0.29) is 28.6 Å². The minimum absolute atomic E-state index is 0.101. The van der Waals surface area contributed by atoms with Crippen LogP contribution in [0.2, 0.25) is 5.02 Å². The first-order valence-corrected chi connectivity index (χ1v) is 5.83. The Morgan fingerprint density at radius 3 is 2.71 bits per heavy atom. The molecule has 1 atom stereocenters. The fraction of sp³-hybridized carbons (Fsp3) is 0.455. The molecule has 2 rings (SSSR count). The smallest absolute Gasteiger partial charge is 0.169 e. The van der Waals surface area contributed by atoms with E-state index in [1.165, 1.54) is 6.07 Å². The van der Waals surface area contributed by atoms with E-state index in [0.29, 0.717) is 5.92 Å². The molecule has 0 heterocycles. The third-order valence-corrected chi connectivity index (χ3v) is 3.30. The topological polar surface area (TPSA) is 84.3 Å². The van der Waals surface area contributed by atoms with Gasteiger partial charge in [-0.3, -0.25) is 0 Å². The van der Waals surface area contributed by atoms with E-state index in [1.54, 1.807) is 0 Å². The van der Waals surface area contributed by atoms with Crippen molar-refractivity contribution in [3.63, 3.8) is 0 Å². The zero-order valence-electron chi connectivity index (χ0n) is 9.21. The van der Waals surface area contributed by atoms with Crippen molar-refractivity contribution in [2.75, 3.05) is 23.3 Å². The van der Waals surface area contributed by atoms with Crippen molar-refractivity contribution in [2.24, 2.45) is 5.92 Å². The number of rotatable bonds is 4. The summed E-state index contributed by atoms with van der Waals surface area (Å²) in [7, 11) is 0. The zero-order chi connectivity index (χ0) is 12.6. The van der Waals surface area contributed by atoms with Gasteiger partial charge in [-0.25, -0.2) is 4.39 Å². The van der Waals surface area contributed by atoms with Gasteiger partial charge in [0, 0.05) is 6.54 Å². The first kappa shape index (κ1) is 12.3. The molecule has 1 aromatic carbocycles. The standard InChI is InChI=1S/C11H15ClFN3O/c12-9-6(14)3-7(15)11(10(9)13)16-4-8(17)5-1-2-5/h3,5,8,16-17H,1-2,4,14-15H2. The summed E-state index contributed by atoms with van der Waals surface area (Å²) in [6.45, 7) is 0.256. The lowest BCUT2D eigenvalue weighted by Crippen LogP contribution is -2.22. The minimum atomic E-state index is -0.674. The maximum absolute atomic E-state index is 13.8. The molecule has 1 aliphatic rings. The Morgan fingerprint density at radius 1 is 1.47 bits per heavy atom. The lowest BCUT2D eigenvalue weighted by molar-refractivity contribution is 0.164. The average molecular weight is 260 g/mol. The van der Waals surface area contributed by atoms with E-state index in [2.05, 4.69) is 5.32 Å². The third kappa shape index (κ3) is 2.56. The number of halogens is 2. The second-order valence-electron chi connectivity index (χ2n) is 4.34. The number of benzene rings is 1. The molecule has 1 aromatic rings. The fourth-order valence-corrected chi connectivity index (χ4v) is 1.85. The zero-order valence-corrected chi connectivity index (χ0v) is 9.97. The number of nitrogen functional groups attached to an aromatic ring is 2. The molecular formula is C11H15ClFN3O. The largest absolute Gasteiger partial charge is 0.397 e. The van der Waals surface area contributed by atoms with Crippen molar-refractivity contribution in [3.8, 4) is 0 Å². The second-order valence-corrected chi connectivity index (χ2v) is 4.72. The van der Waals surface area contributed by atoms with Gasteiger partial charge in [-0.2, -0.15) is 0 Å². The van der Waals surface area contributed by atoms with Crippen LogP contribution in [0.4, 0.5) is 21.5 Å². The highest BCUT2D eigenvalue weighted by atomic mass is 35.5. The highest BCUT2D eigenvalue weighted by Gasteiger charge is 2.29. The summed E-state index contributed by atoms with van der Waals surface area (Å²) in [6.07, 6.45) is 1.55. The Labute approximate surface area is 104 Å². The van der Waals surface area contributed by atoms with E-state index in [9.17, 15) is 9.50 Å². The lowest BCUT2D eigenvalue weighted by Gasteiger charge is -2.15. The van der Waals surface area contributed by atoms with Gasteiger partial charge >= 0.3 is 0 Å². The number of aliphatic hydroxyl groups excluding tert-OH is 1. The summed E-state index contributed by atoms with van der Waals surface area (Å²) in [5.41, 5.74) is 11.5. The maximum atomic E-state index is 13.8. The summed E-state index contributed by atoms with van der Waals surface area (Å²) in [5, 5.41) is 12.3. The number of anilines is 3. The Balaban J connectivity index is 2.11. The highest BCUT2D eigenvalue weighted by Crippen LogP contribution is 2.35. The van der Waals surface area contributed by atoms with Gasteiger partial charge in [0.1, 0.15) is 5.02 Å². The molecule has 0 spiro atoms. The Morgan fingerprint density at radius 2 is 2.12 bits per heavy atom. The quantitative estimate of drug-likeness (QED) is 0.622. The van der Waals surface area contributed by atoms with Crippen LogP contribution in [0.25, 0.3) is 0 Å². The molecule has 0 bridgehead atoms. The number of hydrogen-bond donors (Lipinski definition) is 4. The first-order valence-electron chi connectivity index (χ1n) is 5.45. The molecule has 0 radical (unpaired) electrons. The second kappa shape index (κ2) is 4.58. The van der Waals surface area contributed by atoms with E-state index in [0.717, 1.165) is 12.8 Å². The van der Waals surface area contributed by atoms with Crippen LogP contribution in [0.1, 0.15) is 12.8 Å². The summed E-state index contributed by atoms with van der Waals surface area (Å²) in [6, 6.07) is 1.40. The van der Waals surface area contributed by atoms with Gasteiger partial charge in [0.2, 0.25) is 0 Å². The van der Waals surface area contributed by atoms with Crippen LogP contribution in [0.5, 0.6) is 0 Å². The fourth-order valence-electron chi connectivity index (χ4n) is 1.70. The van der Waals surface area contributed by atoms with Crippen LogP contribution in [0.3, 0.4) is 0 Å². The molecule has 1 saturated carbocycles. The van der Waals surface area contributed by atoms with Crippen LogP contribution in [0, 0.1) is 11.7 Å². The molecule has 4 nitrogen and oxygen atoms in total. The third-order valence-electron chi connectivity index (χ3n) is 2.92. The van der Waals surface area contributed by atoms with Crippen molar-refractivity contribution < 1.29 is 9.50 Å². The van der Waals surface area contributed by atoms with E-state index in [1.807, 2.05) is 0 Å².